The molecule has 1 amide bonds. The smallest absolute Gasteiger partial charge is 0.313 e. The molecule has 2 heterocycles. The molecule has 0 saturated carbocycles. The van der Waals surface area contributed by atoms with E-state index in [1.165, 1.54) is 0 Å². The fourth-order valence-electron chi connectivity index (χ4n) is 2.44. The molecule has 0 aromatic heterocycles. The van der Waals surface area contributed by atoms with E-state index >= 15 is 0 Å². The predicted octanol–water partition coefficient (Wildman–Crippen LogP) is -1.03. The zero-order valence-electron chi connectivity index (χ0n) is 11.1. The van der Waals surface area contributed by atoms with Crippen LogP contribution in [0.25, 0.3) is 0 Å². The summed E-state index contributed by atoms with van der Waals surface area (Å²) in [6.07, 6.45) is 0.626. The van der Waals surface area contributed by atoms with Gasteiger partial charge in [0, 0.05) is 13.7 Å². The minimum atomic E-state index is -1.06. The third-order valence-corrected chi connectivity index (χ3v) is 4.00. The van der Waals surface area contributed by atoms with Crippen molar-refractivity contribution >= 4 is 11.9 Å². The van der Waals surface area contributed by atoms with Gasteiger partial charge in [0.2, 0.25) is 5.91 Å². The van der Waals surface area contributed by atoms with Crippen molar-refractivity contribution in [3.05, 3.63) is 0 Å². The Balaban J connectivity index is 1.94. The van der Waals surface area contributed by atoms with Crippen LogP contribution in [0.5, 0.6) is 0 Å². The first-order valence-corrected chi connectivity index (χ1v) is 6.35. The van der Waals surface area contributed by atoms with Gasteiger partial charge >= 0.3 is 5.97 Å². The molecule has 7 nitrogen and oxygen atoms in total. The van der Waals surface area contributed by atoms with Crippen LogP contribution in [0.2, 0.25) is 0 Å². The van der Waals surface area contributed by atoms with Gasteiger partial charge in [-0.25, -0.2) is 0 Å². The maximum absolute atomic E-state index is 12.1. The van der Waals surface area contributed by atoms with Crippen LogP contribution in [0.1, 0.15) is 13.3 Å². The van der Waals surface area contributed by atoms with Crippen molar-refractivity contribution in [1.29, 1.82) is 0 Å². The van der Waals surface area contributed by atoms with Gasteiger partial charge in [-0.3, -0.25) is 9.59 Å². The largest absolute Gasteiger partial charge is 0.481 e. The Kier molecular flexibility index (Phi) is 4.07. The van der Waals surface area contributed by atoms with Gasteiger partial charge in [-0.2, -0.15) is 0 Å². The highest BCUT2D eigenvalue weighted by atomic mass is 16.5. The zero-order chi connectivity index (χ0) is 14.0. The third-order valence-electron chi connectivity index (χ3n) is 4.00. The lowest BCUT2D eigenvalue weighted by atomic mass is 9.85. The summed E-state index contributed by atoms with van der Waals surface area (Å²) in [5.41, 5.74) is -1.06. The van der Waals surface area contributed by atoms with Crippen molar-refractivity contribution in [2.75, 3.05) is 26.9 Å². The van der Waals surface area contributed by atoms with E-state index < -0.39 is 17.4 Å². The molecule has 2 fully saturated rings. The predicted molar refractivity (Wildman–Crippen MR) is 65.7 cm³/mol. The number of carboxylic acid groups (broad SMARTS) is 1. The minimum absolute atomic E-state index is 0.0291. The Hall–Kier alpha value is -1.18. The Bertz CT molecular complexity index is 375. The van der Waals surface area contributed by atoms with Crippen LogP contribution in [-0.4, -0.2) is 62.0 Å². The summed E-state index contributed by atoms with van der Waals surface area (Å²) in [6, 6.07) is -0.829. The van der Waals surface area contributed by atoms with Crippen LogP contribution >= 0.6 is 0 Å². The average molecular weight is 272 g/mol. The van der Waals surface area contributed by atoms with Crippen LogP contribution < -0.4 is 10.6 Å². The number of rotatable bonds is 4. The number of ether oxygens (including phenoxy) is 2. The first-order chi connectivity index (χ1) is 8.97. The van der Waals surface area contributed by atoms with Crippen molar-refractivity contribution in [3.63, 3.8) is 0 Å². The van der Waals surface area contributed by atoms with Crippen LogP contribution in [0.15, 0.2) is 0 Å². The van der Waals surface area contributed by atoms with E-state index in [0.717, 1.165) is 0 Å². The monoisotopic (exact) mass is 272 g/mol. The zero-order valence-corrected chi connectivity index (χ0v) is 11.1. The number of carboxylic acids is 1. The van der Waals surface area contributed by atoms with Crippen LogP contribution in [0, 0.1) is 5.41 Å². The molecule has 2 aliphatic rings. The molecule has 108 valence electrons. The van der Waals surface area contributed by atoms with Gasteiger partial charge in [-0.05, 0) is 13.3 Å². The Morgan fingerprint density at radius 2 is 2.26 bits per heavy atom. The fourth-order valence-corrected chi connectivity index (χ4v) is 2.44. The van der Waals surface area contributed by atoms with E-state index in [1.54, 1.807) is 14.0 Å². The highest BCUT2D eigenvalue weighted by Gasteiger charge is 2.48. The first-order valence-electron chi connectivity index (χ1n) is 6.35. The molecule has 19 heavy (non-hydrogen) atoms. The molecule has 2 saturated heterocycles. The fraction of sp³-hybridized carbons (Fsp3) is 0.833. The van der Waals surface area contributed by atoms with Crippen molar-refractivity contribution in [3.8, 4) is 0 Å². The summed E-state index contributed by atoms with van der Waals surface area (Å²) in [7, 11) is 1.61. The van der Waals surface area contributed by atoms with E-state index in [4.69, 9.17) is 9.47 Å². The molecule has 4 unspecified atom stereocenters. The van der Waals surface area contributed by atoms with Crippen LogP contribution in [-0.2, 0) is 19.1 Å². The highest BCUT2D eigenvalue weighted by Crippen LogP contribution is 2.29. The van der Waals surface area contributed by atoms with Crippen molar-refractivity contribution < 1.29 is 24.2 Å². The molecule has 0 aliphatic carbocycles. The van der Waals surface area contributed by atoms with Crippen molar-refractivity contribution in [2.45, 2.75) is 31.5 Å². The van der Waals surface area contributed by atoms with E-state index in [1.807, 2.05) is 0 Å². The second-order valence-corrected chi connectivity index (χ2v) is 5.35. The summed E-state index contributed by atoms with van der Waals surface area (Å²) in [4.78, 5) is 23.4. The van der Waals surface area contributed by atoms with Crippen molar-refractivity contribution in [1.82, 2.24) is 10.6 Å². The summed E-state index contributed by atoms with van der Waals surface area (Å²) < 4.78 is 10.4. The molecular formula is C12H20N2O5. The lowest BCUT2D eigenvalue weighted by Crippen LogP contribution is -2.53. The maximum atomic E-state index is 12.1. The van der Waals surface area contributed by atoms with Gasteiger partial charge in [0.1, 0.15) is 5.41 Å². The quantitative estimate of drug-likeness (QED) is 0.605. The molecule has 0 aromatic rings. The lowest BCUT2D eigenvalue weighted by molar-refractivity contribution is -0.149. The number of aliphatic carboxylic acids is 1. The van der Waals surface area contributed by atoms with Crippen molar-refractivity contribution in [2.24, 2.45) is 5.41 Å². The Morgan fingerprint density at radius 1 is 1.53 bits per heavy atom. The standard InChI is InChI=1S/C12H20N2O5/c1-12(11(16)17)6-19-5-9(12)14-10(15)8-3-7(18-2)4-13-8/h7-9,13H,3-6H2,1-2H3,(H,14,15)(H,16,17). The normalized spacial score (nSPS) is 38.3. The SMILES string of the molecule is COC1CNC(C(=O)NC2COCC2(C)C(=O)O)C1. The molecule has 2 rings (SSSR count). The molecular weight excluding hydrogens is 252 g/mol. The number of carbonyl (C=O) groups is 2. The highest BCUT2D eigenvalue weighted by molar-refractivity contribution is 5.84. The second-order valence-electron chi connectivity index (χ2n) is 5.35. The summed E-state index contributed by atoms with van der Waals surface area (Å²) in [5, 5.41) is 15.1. The first kappa shape index (κ1) is 14.2. The van der Waals surface area contributed by atoms with E-state index in [0.29, 0.717) is 13.0 Å². The number of methoxy groups -OCH3 is 1. The van der Waals surface area contributed by atoms with Crippen LogP contribution in [0.4, 0.5) is 0 Å². The van der Waals surface area contributed by atoms with E-state index in [9.17, 15) is 14.7 Å². The van der Waals surface area contributed by atoms with Gasteiger partial charge < -0.3 is 25.2 Å². The van der Waals surface area contributed by atoms with E-state index in [-0.39, 0.29) is 31.3 Å². The van der Waals surface area contributed by atoms with Gasteiger partial charge in [-0.1, -0.05) is 0 Å². The third kappa shape index (κ3) is 2.72. The molecule has 7 heteroatoms. The second kappa shape index (κ2) is 5.44. The summed E-state index contributed by atoms with van der Waals surface area (Å²) in [5.74, 6) is -1.15. The number of hydrogen-bond donors (Lipinski definition) is 3. The maximum Gasteiger partial charge on any atom is 0.313 e. The number of amides is 1. The van der Waals surface area contributed by atoms with Gasteiger partial charge in [0.05, 0.1) is 31.4 Å². The van der Waals surface area contributed by atoms with Crippen LogP contribution in [0.3, 0.4) is 0 Å². The van der Waals surface area contributed by atoms with Gasteiger partial charge in [0.15, 0.2) is 0 Å². The molecule has 0 bridgehead atoms. The minimum Gasteiger partial charge on any atom is -0.481 e. The molecule has 0 radical (unpaired) electrons. The van der Waals surface area contributed by atoms with Gasteiger partial charge in [-0.15, -0.1) is 0 Å². The molecule has 0 spiro atoms. The molecule has 0 aromatic carbocycles. The van der Waals surface area contributed by atoms with Gasteiger partial charge in [0.25, 0.3) is 0 Å². The number of carbonyl (C=O) groups excluding carboxylic acids is 1. The average Bonchev–Trinajstić information content (AvgIpc) is 2.97. The Morgan fingerprint density at radius 3 is 2.84 bits per heavy atom. The topological polar surface area (TPSA) is 96.9 Å². The molecule has 3 N–H and O–H groups in total. The Labute approximate surface area is 111 Å². The molecule has 4 atom stereocenters. The number of hydrogen-bond acceptors (Lipinski definition) is 5. The van der Waals surface area contributed by atoms with E-state index in [2.05, 4.69) is 10.6 Å². The summed E-state index contributed by atoms with van der Waals surface area (Å²) >= 11 is 0. The molecule has 2 aliphatic heterocycles. The lowest BCUT2D eigenvalue weighted by Gasteiger charge is -2.26. The summed E-state index contributed by atoms with van der Waals surface area (Å²) in [6.45, 7) is 2.57. The number of nitrogens with one attached hydrogen (secondary N) is 2.